The molecule has 0 heterocycles. The highest BCUT2D eigenvalue weighted by molar-refractivity contribution is 8.00. The number of hydrogen-bond donors (Lipinski definition) is 2. The molecule has 1 atom stereocenters. The summed E-state index contributed by atoms with van der Waals surface area (Å²) in [6.07, 6.45) is 0.923. The number of nitrogens with one attached hydrogen (secondary N) is 1. The van der Waals surface area contributed by atoms with Gasteiger partial charge in [0.15, 0.2) is 0 Å². The quantitative estimate of drug-likeness (QED) is 0.795. The molecule has 1 rings (SSSR count). The van der Waals surface area contributed by atoms with Gasteiger partial charge in [-0.2, -0.15) is 0 Å². The van der Waals surface area contributed by atoms with Crippen molar-refractivity contribution >= 4 is 23.4 Å². The fourth-order valence-electron chi connectivity index (χ4n) is 1.47. The molecule has 4 nitrogen and oxygen atoms in total. The first-order valence-electron chi connectivity index (χ1n) is 5.92. The zero-order chi connectivity index (χ0) is 13.4. The van der Waals surface area contributed by atoms with Gasteiger partial charge in [-0.15, -0.1) is 11.8 Å². The Morgan fingerprint density at radius 2 is 2.22 bits per heavy atom. The van der Waals surface area contributed by atoms with Crippen LogP contribution in [0.15, 0.2) is 24.3 Å². The minimum atomic E-state index is -0.0200. The van der Waals surface area contributed by atoms with Gasteiger partial charge in [0.05, 0.1) is 18.6 Å². The van der Waals surface area contributed by atoms with Gasteiger partial charge in [0.1, 0.15) is 5.75 Å². The summed E-state index contributed by atoms with van der Waals surface area (Å²) in [5, 5.41) is 3.24. The number of carbonyl (C=O) groups is 1. The summed E-state index contributed by atoms with van der Waals surface area (Å²) in [5.74, 6) is 1.08. The van der Waals surface area contributed by atoms with E-state index in [4.69, 9.17) is 10.5 Å². The standard InChI is InChI=1S/C13H20N2O2S/c1-10(7-8-14)18-9-13(16)15-11-5-3-4-6-12(11)17-2/h3-6,10H,7-9,14H2,1-2H3,(H,15,16). The Bertz CT molecular complexity index is 385. The van der Waals surface area contributed by atoms with Gasteiger partial charge < -0.3 is 15.8 Å². The molecule has 1 aromatic carbocycles. The number of hydrogen-bond acceptors (Lipinski definition) is 4. The van der Waals surface area contributed by atoms with Gasteiger partial charge in [-0.3, -0.25) is 4.79 Å². The average molecular weight is 268 g/mol. The lowest BCUT2D eigenvalue weighted by Gasteiger charge is -2.11. The molecule has 18 heavy (non-hydrogen) atoms. The van der Waals surface area contributed by atoms with Gasteiger partial charge in [0.25, 0.3) is 0 Å². The molecule has 1 amide bonds. The largest absolute Gasteiger partial charge is 0.495 e. The van der Waals surface area contributed by atoms with Crippen molar-refractivity contribution < 1.29 is 9.53 Å². The smallest absolute Gasteiger partial charge is 0.234 e. The second kappa shape index (κ2) is 8.00. The molecule has 0 aliphatic heterocycles. The van der Waals surface area contributed by atoms with Gasteiger partial charge in [0.2, 0.25) is 5.91 Å². The van der Waals surface area contributed by atoms with Crippen LogP contribution in [0.4, 0.5) is 5.69 Å². The lowest BCUT2D eigenvalue weighted by Crippen LogP contribution is -2.17. The molecule has 1 aromatic rings. The van der Waals surface area contributed by atoms with Gasteiger partial charge in [-0.25, -0.2) is 0 Å². The van der Waals surface area contributed by atoms with Crippen molar-refractivity contribution in [3.05, 3.63) is 24.3 Å². The maximum Gasteiger partial charge on any atom is 0.234 e. The van der Waals surface area contributed by atoms with Crippen LogP contribution in [-0.2, 0) is 4.79 Å². The zero-order valence-electron chi connectivity index (χ0n) is 10.8. The third-order valence-corrected chi connectivity index (χ3v) is 3.69. The van der Waals surface area contributed by atoms with E-state index < -0.39 is 0 Å². The molecule has 0 aliphatic carbocycles. The SMILES string of the molecule is COc1ccccc1NC(=O)CSC(C)CCN. The van der Waals surface area contributed by atoms with Crippen LogP contribution in [0.1, 0.15) is 13.3 Å². The predicted molar refractivity (Wildman–Crippen MR) is 77.2 cm³/mol. The van der Waals surface area contributed by atoms with Gasteiger partial charge in [-0.05, 0) is 25.1 Å². The van der Waals surface area contributed by atoms with E-state index >= 15 is 0 Å². The molecule has 5 heteroatoms. The van der Waals surface area contributed by atoms with E-state index in [0.717, 1.165) is 6.42 Å². The maximum atomic E-state index is 11.8. The summed E-state index contributed by atoms with van der Waals surface area (Å²) in [7, 11) is 1.59. The first kappa shape index (κ1) is 14.9. The summed E-state index contributed by atoms with van der Waals surface area (Å²) in [6.45, 7) is 2.73. The number of anilines is 1. The number of nitrogens with two attached hydrogens (primary N) is 1. The molecule has 1 unspecified atom stereocenters. The minimum absolute atomic E-state index is 0.0200. The number of rotatable bonds is 7. The molecule has 100 valence electrons. The van der Waals surface area contributed by atoms with Crippen molar-refractivity contribution in [1.29, 1.82) is 0 Å². The van der Waals surface area contributed by atoms with Crippen LogP contribution in [0.5, 0.6) is 5.75 Å². The Hall–Kier alpha value is -1.20. The van der Waals surface area contributed by atoms with E-state index in [9.17, 15) is 4.79 Å². The Kier molecular flexibility index (Phi) is 6.60. The topological polar surface area (TPSA) is 64.3 Å². The van der Waals surface area contributed by atoms with E-state index in [2.05, 4.69) is 12.2 Å². The number of carbonyl (C=O) groups excluding carboxylic acids is 1. The van der Waals surface area contributed by atoms with Crippen molar-refractivity contribution in [2.24, 2.45) is 5.73 Å². The Morgan fingerprint density at radius 1 is 1.50 bits per heavy atom. The molecule has 0 fully saturated rings. The number of para-hydroxylation sites is 2. The second-order valence-corrected chi connectivity index (χ2v) is 5.37. The summed E-state index contributed by atoms with van der Waals surface area (Å²) in [6, 6.07) is 7.37. The molecule has 0 spiro atoms. The Balaban J connectivity index is 2.44. The fraction of sp³-hybridized carbons (Fsp3) is 0.462. The highest BCUT2D eigenvalue weighted by Gasteiger charge is 2.09. The number of ether oxygens (including phenoxy) is 1. The predicted octanol–water partition coefficient (Wildman–Crippen LogP) is 2.10. The van der Waals surface area contributed by atoms with E-state index in [1.165, 1.54) is 0 Å². The maximum absolute atomic E-state index is 11.8. The molecular formula is C13H20N2O2S. The lowest BCUT2D eigenvalue weighted by molar-refractivity contribution is -0.113. The number of thioether (sulfide) groups is 1. The summed E-state index contributed by atoms with van der Waals surface area (Å²) in [4.78, 5) is 11.8. The lowest BCUT2D eigenvalue weighted by atomic mass is 10.3. The van der Waals surface area contributed by atoms with E-state index in [-0.39, 0.29) is 5.91 Å². The highest BCUT2D eigenvalue weighted by Crippen LogP contribution is 2.23. The van der Waals surface area contributed by atoms with Gasteiger partial charge in [-0.1, -0.05) is 19.1 Å². The number of amides is 1. The minimum Gasteiger partial charge on any atom is -0.495 e. The van der Waals surface area contributed by atoms with Crippen LogP contribution in [0.25, 0.3) is 0 Å². The average Bonchev–Trinajstić information content (AvgIpc) is 2.37. The van der Waals surface area contributed by atoms with Crippen LogP contribution in [0.3, 0.4) is 0 Å². The molecule has 3 N–H and O–H groups in total. The summed E-state index contributed by atoms with van der Waals surface area (Å²) in [5.41, 5.74) is 6.17. The van der Waals surface area contributed by atoms with Crippen molar-refractivity contribution in [3.8, 4) is 5.75 Å². The molecule has 0 aromatic heterocycles. The Labute approximate surface area is 112 Å². The van der Waals surface area contributed by atoms with Crippen LogP contribution in [-0.4, -0.2) is 30.6 Å². The third-order valence-electron chi connectivity index (χ3n) is 2.45. The van der Waals surface area contributed by atoms with Crippen LogP contribution < -0.4 is 15.8 Å². The molecule has 0 aliphatic rings. The van der Waals surface area contributed by atoms with Crippen molar-refractivity contribution in [1.82, 2.24) is 0 Å². The fourth-order valence-corrected chi connectivity index (χ4v) is 2.28. The highest BCUT2D eigenvalue weighted by atomic mass is 32.2. The molecule has 0 saturated heterocycles. The first-order valence-corrected chi connectivity index (χ1v) is 6.96. The van der Waals surface area contributed by atoms with Crippen molar-refractivity contribution in [2.75, 3.05) is 24.7 Å². The Morgan fingerprint density at radius 3 is 2.89 bits per heavy atom. The van der Waals surface area contributed by atoms with E-state index in [0.29, 0.717) is 29.0 Å². The summed E-state index contributed by atoms with van der Waals surface area (Å²) < 4.78 is 5.17. The monoisotopic (exact) mass is 268 g/mol. The van der Waals surface area contributed by atoms with E-state index in [1.807, 2.05) is 24.3 Å². The molecule has 0 saturated carbocycles. The van der Waals surface area contributed by atoms with Crippen LogP contribution >= 0.6 is 11.8 Å². The van der Waals surface area contributed by atoms with Crippen molar-refractivity contribution in [2.45, 2.75) is 18.6 Å². The van der Waals surface area contributed by atoms with Crippen LogP contribution in [0, 0.1) is 0 Å². The molecule has 0 radical (unpaired) electrons. The molecule has 0 bridgehead atoms. The van der Waals surface area contributed by atoms with E-state index in [1.54, 1.807) is 18.9 Å². The normalized spacial score (nSPS) is 11.9. The number of methoxy groups -OCH3 is 1. The van der Waals surface area contributed by atoms with Crippen LogP contribution in [0.2, 0.25) is 0 Å². The number of benzene rings is 1. The van der Waals surface area contributed by atoms with Gasteiger partial charge in [0, 0.05) is 5.25 Å². The summed E-state index contributed by atoms with van der Waals surface area (Å²) >= 11 is 1.61. The zero-order valence-corrected chi connectivity index (χ0v) is 11.6. The third kappa shape index (κ3) is 4.98. The van der Waals surface area contributed by atoms with Gasteiger partial charge >= 0.3 is 0 Å². The first-order chi connectivity index (χ1) is 8.67. The second-order valence-electron chi connectivity index (χ2n) is 3.95. The molecular weight excluding hydrogens is 248 g/mol. The van der Waals surface area contributed by atoms with Crippen molar-refractivity contribution in [3.63, 3.8) is 0 Å².